The lowest BCUT2D eigenvalue weighted by molar-refractivity contribution is 0.295. The Morgan fingerprint density at radius 2 is 2.10 bits per heavy atom. The van der Waals surface area contributed by atoms with Gasteiger partial charge in [-0.2, -0.15) is 0 Å². The topological polar surface area (TPSA) is 32.6 Å². The minimum atomic E-state index is 0.543. The van der Waals surface area contributed by atoms with Crippen LogP contribution in [0.2, 0.25) is 0 Å². The van der Waals surface area contributed by atoms with Crippen molar-refractivity contribution in [3.05, 3.63) is 30.1 Å². The molecule has 1 aliphatic heterocycles. The molecule has 2 aromatic heterocycles. The van der Waals surface area contributed by atoms with Crippen molar-refractivity contribution >= 4 is 11.5 Å². The number of hydrogen-bond donors (Lipinski definition) is 1. The summed E-state index contributed by atoms with van der Waals surface area (Å²) >= 11 is 0. The number of nitrogens with zero attached hydrogens (tertiary/aromatic N) is 3. The molecule has 1 fully saturated rings. The zero-order chi connectivity index (χ0) is 15.0. The van der Waals surface area contributed by atoms with E-state index in [1.165, 1.54) is 12.1 Å². The Labute approximate surface area is 127 Å². The molecule has 0 bridgehead atoms. The molecule has 1 saturated heterocycles. The highest BCUT2D eigenvalue weighted by atomic mass is 15.3. The fourth-order valence-electron chi connectivity index (χ4n) is 3.59. The summed E-state index contributed by atoms with van der Waals surface area (Å²) in [4.78, 5) is 7.44. The van der Waals surface area contributed by atoms with Gasteiger partial charge in [0.15, 0.2) is 5.82 Å². The molecule has 1 N–H and O–H groups in total. The second-order valence-electron chi connectivity index (χ2n) is 6.55. The molecule has 0 saturated carbocycles. The van der Waals surface area contributed by atoms with Crippen molar-refractivity contribution in [3.8, 4) is 0 Å². The summed E-state index contributed by atoms with van der Waals surface area (Å²) < 4.78 is 2.21. The first-order valence-corrected chi connectivity index (χ1v) is 7.99. The van der Waals surface area contributed by atoms with E-state index >= 15 is 0 Å². The number of aromatic nitrogens is 2. The van der Waals surface area contributed by atoms with Gasteiger partial charge in [0.25, 0.3) is 0 Å². The largest absolute Gasteiger partial charge is 0.352 e. The van der Waals surface area contributed by atoms with Gasteiger partial charge in [0.2, 0.25) is 0 Å². The number of imidazole rings is 1. The number of fused-ring (bicyclic) bond motifs is 1. The van der Waals surface area contributed by atoms with Gasteiger partial charge in [0, 0.05) is 25.3 Å². The Balaban J connectivity index is 2.07. The van der Waals surface area contributed by atoms with Gasteiger partial charge in [-0.15, -0.1) is 0 Å². The van der Waals surface area contributed by atoms with Crippen molar-refractivity contribution < 1.29 is 0 Å². The van der Waals surface area contributed by atoms with Crippen LogP contribution in [0.1, 0.15) is 32.9 Å². The van der Waals surface area contributed by atoms with Crippen LogP contribution >= 0.6 is 0 Å². The normalized spacial score (nSPS) is 26.5. The SMILES string of the molecule is CNCc1c(N2CC(C)CC(C)C2C)nc2ccccn12. The molecule has 21 heavy (non-hydrogen) atoms. The van der Waals surface area contributed by atoms with Crippen LogP contribution in [0.15, 0.2) is 24.4 Å². The molecule has 2 aromatic rings. The third-order valence-corrected chi connectivity index (χ3v) is 4.82. The molecule has 0 amide bonds. The number of anilines is 1. The van der Waals surface area contributed by atoms with Crippen LogP contribution in [0.25, 0.3) is 5.65 Å². The second kappa shape index (κ2) is 5.68. The Kier molecular flexibility index (Phi) is 3.89. The smallest absolute Gasteiger partial charge is 0.152 e. The van der Waals surface area contributed by atoms with Crippen LogP contribution in [0, 0.1) is 11.8 Å². The Morgan fingerprint density at radius 3 is 2.86 bits per heavy atom. The number of rotatable bonds is 3. The minimum Gasteiger partial charge on any atom is -0.352 e. The fraction of sp³-hybridized carbons (Fsp3) is 0.588. The molecule has 4 nitrogen and oxygen atoms in total. The highest BCUT2D eigenvalue weighted by Crippen LogP contribution is 2.33. The maximum Gasteiger partial charge on any atom is 0.152 e. The summed E-state index contributed by atoms with van der Waals surface area (Å²) in [5.74, 6) is 2.59. The highest BCUT2D eigenvalue weighted by molar-refractivity contribution is 5.56. The predicted octanol–water partition coefficient (Wildman–Crippen LogP) is 2.92. The molecular weight excluding hydrogens is 260 g/mol. The van der Waals surface area contributed by atoms with Gasteiger partial charge in [0.05, 0.1) is 5.69 Å². The number of nitrogens with one attached hydrogen (secondary N) is 1. The second-order valence-corrected chi connectivity index (χ2v) is 6.55. The first kappa shape index (κ1) is 14.4. The Bertz CT molecular complexity index is 618. The molecule has 114 valence electrons. The highest BCUT2D eigenvalue weighted by Gasteiger charge is 2.31. The summed E-state index contributed by atoms with van der Waals surface area (Å²) in [5.41, 5.74) is 2.30. The predicted molar refractivity (Wildman–Crippen MR) is 87.7 cm³/mol. The monoisotopic (exact) mass is 286 g/mol. The minimum absolute atomic E-state index is 0.543. The number of pyridine rings is 1. The van der Waals surface area contributed by atoms with Crippen molar-refractivity contribution in [2.45, 2.75) is 39.8 Å². The summed E-state index contributed by atoms with van der Waals surface area (Å²) in [6, 6.07) is 6.76. The molecule has 3 atom stereocenters. The lowest BCUT2D eigenvalue weighted by Gasteiger charge is -2.41. The van der Waals surface area contributed by atoms with Gasteiger partial charge in [-0.05, 0) is 44.4 Å². The van der Waals surface area contributed by atoms with Crippen LogP contribution in [0.5, 0.6) is 0 Å². The first-order chi connectivity index (χ1) is 10.1. The quantitative estimate of drug-likeness (QED) is 0.941. The van der Waals surface area contributed by atoms with E-state index in [0.717, 1.165) is 30.5 Å². The van der Waals surface area contributed by atoms with Crippen molar-refractivity contribution in [2.24, 2.45) is 11.8 Å². The first-order valence-electron chi connectivity index (χ1n) is 7.99. The molecule has 3 heterocycles. The van der Waals surface area contributed by atoms with E-state index in [4.69, 9.17) is 4.98 Å². The van der Waals surface area contributed by atoms with Crippen LogP contribution in [-0.2, 0) is 6.54 Å². The molecule has 0 aromatic carbocycles. The van der Waals surface area contributed by atoms with E-state index < -0.39 is 0 Å². The van der Waals surface area contributed by atoms with E-state index in [2.05, 4.69) is 59.8 Å². The molecule has 1 aliphatic rings. The maximum absolute atomic E-state index is 4.92. The van der Waals surface area contributed by atoms with Gasteiger partial charge in [0.1, 0.15) is 5.65 Å². The number of hydrogen-bond acceptors (Lipinski definition) is 3. The molecule has 0 radical (unpaired) electrons. The van der Waals surface area contributed by atoms with E-state index in [1.54, 1.807) is 0 Å². The van der Waals surface area contributed by atoms with Crippen molar-refractivity contribution in [3.63, 3.8) is 0 Å². The lowest BCUT2D eigenvalue weighted by Crippen LogP contribution is -2.46. The molecule has 0 aliphatic carbocycles. The van der Waals surface area contributed by atoms with Crippen LogP contribution in [0.4, 0.5) is 5.82 Å². The van der Waals surface area contributed by atoms with Gasteiger partial charge in [-0.1, -0.05) is 19.9 Å². The third kappa shape index (κ3) is 2.53. The Morgan fingerprint density at radius 1 is 1.29 bits per heavy atom. The lowest BCUT2D eigenvalue weighted by atomic mass is 9.86. The standard InChI is InChI=1S/C17H26N4/c1-12-9-13(2)14(3)21(11-12)17-15(10-18-4)20-8-6-5-7-16(20)19-17/h5-8,12-14,18H,9-11H2,1-4H3. The zero-order valence-electron chi connectivity index (χ0n) is 13.5. The summed E-state index contributed by atoms with van der Waals surface area (Å²) in [5, 5.41) is 3.29. The van der Waals surface area contributed by atoms with Crippen molar-refractivity contribution in [2.75, 3.05) is 18.5 Å². The zero-order valence-corrected chi connectivity index (χ0v) is 13.5. The molecule has 4 heteroatoms. The average Bonchev–Trinajstić information content (AvgIpc) is 2.82. The summed E-state index contributed by atoms with van der Waals surface area (Å²) in [6.07, 6.45) is 3.42. The molecule has 3 unspecified atom stereocenters. The summed E-state index contributed by atoms with van der Waals surface area (Å²) in [6.45, 7) is 8.99. The molecule has 3 rings (SSSR count). The van der Waals surface area contributed by atoms with Crippen LogP contribution < -0.4 is 10.2 Å². The van der Waals surface area contributed by atoms with E-state index in [-0.39, 0.29) is 0 Å². The van der Waals surface area contributed by atoms with Gasteiger partial charge < -0.3 is 14.6 Å². The molecular formula is C17H26N4. The van der Waals surface area contributed by atoms with E-state index in [9.17, 15) is 0 Å². The number of piperidine rings is 1. The average molecular weight is 286 g/mol. The molecule has 0 spiro atoms. The van der Waals surface area contributed by atoms with E-state index in [0.29, 0.717) is 12.0 Å². The van der Waals surface area contributed by atoms with Gasteiger partial charge in [-0.25, -0.2) is 4.98 Å². The third-order valence-electron chi connectivity index (χ3n) is 4.82. The Hall–Kier alpha value is -1.55. The fourth-order valence-corrected chi connectivity index (χ4v) is 3.59. The van der Waals surface area contributed by atoms with Crippen molar-refractivity contribution in [1.82, 2.24) is 14.7 Å². The van der Waals surface area contributed by atoms with Crippen molar-refractivity contribution in [1.29, 1.82) is 0 Å². The van der Waals surface area contributed by atoms with Gasteiger partial charge in [-0.3, -0.25) is 0 Å². The maximum atomic E-state index is 4.92. The van der Waals surface area contributed by atoms with E-state index in [1.807, 2.05) is 7.05 Å². The van der Waals surface area contributed by atoms with Gasteiger partial charge >= 0.3 is 0 Å². The summed E-state index contributed by atoms with van der Waals surface area (Å²) in [7, 11) is 2.00. The van der Waals surface area contributed by atoms with Crippen LogP contribution in [-0.4, -0.2) is 29.0 Å². The van der Waals surface area contributed by atoms with Crippen LogP contribution in [0.3, 0.4) is 0 Å².